The van der Waals surface area contributed by atoms with E-state index in [9.17, 15) is 9.59 Å². The number of nitrogens with one attached hydrogen (secondary N) is 1. The number of fused-ring (bicyclic) bond motifs is 1. The quantitative estimate of drug-likeness (QED) is 0.446. The monoisotopic (exact) mass is 385 g/mol. The van der Waals surface area contributed by atoms with Crippen molar-refractivity contribution in [3.05, 3.63) is 95.6 Å². The summed E-state index contributed by atoms with van der Waals surface area (Å²) >= 11 is 0. The molecule has 3 aromatic carbocycles. The van der Waals surface area contributed by atoms with Crippen molar-refractivity contribution in [1.29, 1.82) is 0 Å². The van der Waals surface area contributed by atoms with Gasteiger partial charge in [0.05, 0.1) is 6.61 Å². The van der Waals surface area contributed by atoms with Crippen molar-refractivity contribution in [2.75, 3.05) is 11.9 Å². The topological polar surface area (TPSA) is 55.4 Å². The van der Waals surface area contributed by atoms with E-state index in [1.807, 2.05) is 54.6 Å². The molecule has 0 heterocycles. The zero-order chi connectivity index (χ0) is 20.3. The van der Waals surface area contributed by atoms with Gasteiger partial charge < -0.3 is 10.1 Å². The number of Topliss-reactive ketones (excluding diaryl/α,β-unsaturated/α-hetero) is 2. The predicted molar refractivity (Wildman–Crippen MR) is 114 cm³/mol. The van der Waals surface area contributed by atoms with Crippen LogP contribution in [0.3, 0.4) is 0 Å². The van der Waals surface area contributed by atoms with Crippen LogP contribution >= 0.6 is 0 Å². The Bertz CT molecular complexity index is 990. The number of carbonyl (C=O) groups excluding carboxylic acids is 2. The van der Waals surface area contributed by atoms with Crippen LogP contribution < -0.4 is 10.1 Å². The summed E-state index contributed by atoms with van der Waals surface area (Å²) in [4.78, 5) is 26.9. The summed E-state index contributed by atoms with van der Waals surface area (Å²) in [6.07, 6.45) is 2.07. The van der Waals surface area contributed by atoms with Gasteiger partial charge in [0.25, 0.3) is 0 Å². The first kappa shape index (κ1) is 18.9. The lowest BCUT2D eigenvalue weighted by Crippen LogP contribution is -2.46. The molecule has 4 heteroatoms. The molecule has 0 saturated carbocycles. The summed E-state index contributed by atoms with van der Waals surface area (Å²) in [7, 11) is 0. The number of hydrogen-bond donors (Lipinski definition) is 1. The minimum absolute atomic E-state index is 0.229. The number of benzene rings is 3. The molecule has 4 rings (SSSR count). The van der Waals surface area contributed by atoms with Gasteiger partial charge >= 0.3 is 0 Å². The Balaban J connectivity index is 1.71. The Hall–Kier alpha value is -3.40. The third-order valence-corrected chi connectivity index (χ3v) is 5.26. The normalized spacial score (nSPS) is 14.5. The third-order valence-electron chi connectivity index (χ3n) is 5.26. The molecule has 0 amide bonds. The van der Waals surface area contributed by atoms with E-state index in [1.165, 1.54) is 0 Å². The molecule has 1 N–H and O–H groups in total. The highest BCUT2D eigenvalue weighted by molar-refractivity contribution is 6.34. The van der Waals surface area contributed by atoms with E-state index in [2.05, 4.69) is 12.2 Å². The van der Waals surface area contributed by atoms with Crippen LogP contribution in [0, 0.1) is 0 Å². The van der Waals surface area contributed by atoms with Gasteiger partial charge in [0.1, 0.15) is 5.75 Å². The second kappa shape index (κ2) is 7.92. The maximum Gasteiger partial charge on any atom is 0.201 e. The van der Waals surface area contributed by atoms with E-state index >= 15 is 0 Å². The van der Waals surface area contributed by atoms with Crippen LogP contribution in [-0.2, 0) is 5.54 Å². The molecule has 29 heavy (non-hydrogen) atoms. The van der Waals surface area contributed by atoms with Crippen LogP contribution in [0.1, 0.15) is 46.0 Å². The highest BCUT2D eigenvalue weighted by atomic mass is 16.5. The number of unbranched alkanes of at least 4 members (excludes halogenated alkanes) is 1. The largest absolute Gasteiger partial charge is 0.494 e. The summed E-state index contributed by atoms with van der Waals surface area (Å²) in [6, 6.07) is 23.6. The predicted octanol–water partition coefficient (Wildman–Crippen LogP) is 5.25. The lowest BCUT2D eigenvalue weighted by molar-refractivity contribution is 0.0819. The van der Waals surface area contributed by atoms with Crippen molar-refractivity contribution in [3.63, 3.8) is 0 Å². The second-order valence-corrected chi connectivity index (χ2v) is 7.17. The van der Waals surface area contributed by atoms with Crippen LogP contribution in [0.2, 0.25) is 0 Å². The third kappa shape index (κ3) is 3.31. The molecule has 0 bridgehead atoms. The Morgan fingerprint density at radius 2 is 1.38 bits per heavy atom. The molecule has 0 unspecified atom stereocenters. The zero-order valence-electron chi connectivity index (χ0n) is 16.4. The highest BCUT2D eigenvalue weighted by Crippen LogP contribution is 2.40. The van der Waals surface area contributed by atoms with Crippen LogP contribution in [0.15, 0.2) is 78.9 Å². The number of hydrogen-bond acceptors (Lipinski definition) is 4. The van der Waals surface area contributed by atoms with Gasteiger partial charge in [-0.15, -0.1) is 0 Å². The van der Waals surface area contributed by atoms with Crippen molar-refractivity contribution in [2.24, 2.45) is 0 Å². The molecule has 1 aliphatic rings. The number of ketones is 2. The molecule has 0 aliphatic heterocycles. The van der Waals surface area contributed by atoms with Gasteiger partial charge in [-0.1, -0.05) is 67.9 Å². The fourth-order valence-corrected chi connectivity index (χ4v) is 3.71. The Labute approximate surface area is 170 Å². The average molecular weight is 385 g/mol. The fourth-order valence-electron chi connectivity index (χ4n) is 3.71. The van der Waals surface area contributed by atoms with Crippen LogP contribution in [0.5, 0.6) is 5.75 Å². The van der Waals surface area contributed by atoms with Crippen LogP contribution in [-0.4, -0.2) is 18.2 Å². The molecule has 0 spiro atoms. The van der Waals surface area contributed by atoms with Crippen LogP contribution in [0.25, 0.3) is 0 Å². The van der Waals surface area contributed by atoms with E-state index in [0.717, 1.165) is 18.6 Å². The lowest BCUT2D eigenvalue weighted by Gasteiger charge is -2.29. The first-order valence-electron chi connectivity index (χ1n) is 9.92. The van der Waals surface area contributed by atoms with Gasteiger partial charge in [0.2, 0.25) is 11.6 Å². The first-order valence-corrected chi connectivity index (χ1v) is 9.92. The average Bonchev–Trinajstić information content (AvgIpc) is 2.98. The summed E-state index contributed by atoms with van der Waals surface area (Å²) in [5.41, 5.74) is 0.762. The van der Waals surface area contributed by atoms with Gasteiger partial charge in [-0.2, -0.15) is 0 Å². The number of rotatable bonds is 7. The molecular formula is C25H23NO3. The van der Waals surface area contributed by atoms with E-state index < -0.39 is 5.54 Å². The van der Waals surface area contributed by atoms with Crippen molar-refractivity contribution >= 4 is 17.3 Å². The van der Waals surface area contributed by atoms with Gasteiger partial charge in [0.15, 0.2) is 5.54 Å². The maximum atomic E-state index is 13.5. The van der Waals surface area contributed by atoms with Crippen molar-refractivity contribution in [3.8, 4) is 5.75 Å². The molecule has 0 radical (unpaired) electrons. The molecule has 1 aliphatic carbocycles. The summed E-state index contributed by atoms with van der Waals surface area (Å²) in [6.45, 7) is 2.79. The smallest absolute Gasteiger partial charge is 0.201 e. The Morgan fingerprint density at radius 1 is 0.793 bits per heavy atom. The minimum Gasteiger partial charge on any atom is -0.494 e. The molecular weight excluding hydrogens is 362 g/mol. The van der Waals surface area contributed by atoms with Gasteiger partial charge in [-0.05, 0) is 36.2 Å². The van der Waals surface area contributed by atoms with E-state index in [1.54, 1.807) is 24.3 Å². The summed E-state index contributed by atoms with van der Waals surface area (Å²) in [5.74, 6) is 0.310. The fraction of sp³-hybridized carbons (Fsp3) is 0.200. The van der Waals surface area contributed by atoms with Gasteiger partial charge in [-0.3, -0.25) is 9.59 Å². The SMILES string of the molecule is CCCCOc1ccc(NC2(c3ccccc3)C(=O)c3ccccc3C2=O)cc1. The molecule has 0 fully saturated rings. The molecule has 4 nitrogen and oxygen atoms in total. The number of anilines is 1. The summed E-state index contributed by atoms with van der Waals surface area (Å²) in [5, 5.41) is 3.26. The standard InChI is InChI=1S/C25H23NO3/c1-2-3-17-29-20-15-13-19(14-16-20)26-25(18-9-5-4-6-10-18)23(27)21-11-7-8-12-22(21)24(25)28/h4-16,26H,2-3,17H2,1H3. The Morgan fingerprint density at radius 3 is 1.97 bits per heavy atom. The summed E-state index contributed by atoms with van der Waals surface area (Å²) < 4.78 is 5.71. The molecule has 0 atom stereocenters. The number of ether oxygens (including phenoxy) is 1. The second-order valence-electron chi connectivity index (χ2n) is 7.17. The molecule has 3 aromatic rings. The molecule has 0 aromatic heterocycles. The van der Waals surface area contributed by atoms with E-state index in [-0.39, 0.29) is 11.6 Å². The van der Waals surface area contributed by atoms with Gasteiger partial charge in [0, 0.05) is 16.8 Å². The highest BCUT2D eigenvalue weighted by Gasteiger charge is 2.54. The van der Waals surface area contributed by atoms with Crippen molar-refractivity contribution in [2.45, 2.75) is 25.3 Å². The zero-order valence-corrected chi connectivity index (χ0v) is 16.4. The van der Waals surface area contributed by atoms with Crippen molar-refractivity contribution in [1.82, 2.24) is 0 Å². The molecule has 0 saturated heterocycles. The van der Waals surface area contributed by atoms with Crippen LogP contribution in [0.4, 0.5) is 5.69 Å². The van der Waals surface area contributed by atoms with E-state index in [4.69, 9.17) is 4.74 Å². The van der Waals surface area contributed by atoms with Gasteiger partial charge in [-0.25, -0.2) is 0 Å². The maximum absolute atomic E-state index is 13.5. The Kier molecular flexibility index (Phi) is 5.17. The lowest BCUT2D eigenvalue weighted by atomic mass is 9.84. The minimum atomic E-state index is -1.46. The number of carbonyl (C=O) groups is 2. The molecule has 146 valence electrons. The first-order chi connectivity index (χ1) is 14.2. The van der Waals surface area contributed by atoms with Crippen molar-refractivity contribution < 1.29 is 14.3 Å². The van der Waals surface area contributed by atoms with E-state index in [0.29, 0.717) is 29.0 Å².